The molecule has 44 heavy (non-hydrogen) atoms. The van der Waals surface area contributed by atoms with Crippen molar-refractivity contribution in [2.75, 3.05) is 0 Å². The molecule has 0 aromatic rings. The van der Waals surface area contributed by atoms with Gasteiger partial charge in [0, 0.05) is 18.4 Å². The van der Waals surface area contributed by atoms with Crippen LogP contribution in [0.1, 0.15) is 168 Å². The lowest BCUT2D eigenvalue weighted by Crippen LogP contribution is -2.33. The van der Waals surface area contributed by atoms with E-state index in [4.69, 9.17) is 14.2 Å². The molecule has 7 heteroatoms. The van der Waals surface area contributed by atoms with Gasteiger partial charge in [0.05, 0.1) is 36.6 Å². The van der Waals surface area contributed by atoms with Crippen molar-refractivity contribution in [2.45, 2.75) is 211 Å². The van der Waals surface area contributed by atoms with Crippen LogP contribution in [0.2, 0.25) is 0 Å². The number of hydrogen-bond acceptors (Lipinski definition) is 7. The molecule has 0 aliphatic carbocycles. The molecule has 2 saturated heterocycles. The van der Waals surface area contributed by atoms with E-state index < -0.39 is 12.2 Å². The fourth-order valence-corrected chi connectivity index (χ4v) is 7.14. The van der Waals surface area contributed by atoms with Crippen molar-refractivity contribution >= 4 is 11.8 Å². The van der Waals surface area contributed by atoms with Crippen LogP contribution in [0.4, 0.5) is 0 Å². The molecule has 0 saturated carbocycles. The number of esters is 1. The van der Waals surface area contributed by atoms with Gasteiger partial charge in [-0.05, 0) is 77.2 Å². The number of hydrogen-bond donors (Lipinski definition) is 2. The quantitative estimate of drug-likeness (QED) is 0.0786. The molecule has 254 valence electrons. The number of aliphatic hydroxyl groups is 2. The third kappa shape index (κ3) is 14.0. The van der Waals surface area contributed by atoms with Crippen molar-refractivity contribution in [1.82, 2.24) is 0 Å². The minimum atomic E-state index is -0.520. The predicted octanol–water partition coefficient (Wildman–Crippen LogP) is 8.07. The van der Waals surface area contributed by atoms with Crippen LogP contribution in [0, 0.1) is 0 Å². The molecule has 3 aliphatic rings. The van der Waals surface area contributed by atoms with Gasteiger partial charge in [0.1, 0.15) is 11.9 Å². The average molecular weight is 621 g/mol. The Kier molecular flexibility index (Phi) is 18.2. The van der Waals surface area contributed by atoms with Gasteiger partial charge >= 0.3 is 5.97 Å². The third-order valence-corrected chi connectivity index (χ3v) is 9.90. The normalized spacial score (nSPS) is 26.6. The first-order chi connectivity index (χ1) is 21.4. The molecule has 0 amide bonds. The van der Waals surface area contributed by atoms with Crippen LogP contribution < -0.4 is 0 Å². The van der Waals surface area contributed by atoms with Crippen LogP contribution in [0.15, 0.2) is 11.6 Å². The first kappa shape index (κ1) is 37.2. The highest BCUT2D eigenvalue weighted by atomic mass is 16.6. The summed E-state index contributed by atoms with van der Waals surface area (Å²) in [4.78, 5) is 23.7. The molecule has 0 unspecified atom stereocenters. The molecular formula is C37H64O7. The molecule has 3 rings (SSSR count). The maximum absolute atomic E-state index is 12.1. The summed E-state index contributed by atoms with van der Waals surface area (Å²) in [5.74, 6) is 0.194. The summed E-state index contributed by atoms with van der Waals surface area (Å²) < 4.78 is 17.6. The van der Waals surface area contributed by atoms with E-state index in [2.05, 4.69) is 6.92 Å². The minimum absolute atomic E-state index is 0.000595. The Morgan fingerprint density at radius 2 is 1.23 bits per heavy atom. The molecule has 0 radical (unpaired) electrons. The standard InChI is InChI=1S/C37H64O7/c1-3-4-5-15-19-30(38)20-17-22-32(40)34-24-26-36(44-34)35-25-23-33(43-35)31(39)21-16-13-11-9-7-6-8-10-12-14-18-29-27-28(2)42-37(29)41/h27-28,31-36,39-40H,3-26H2,1-2H3/t28-,31+,32-,33+,34+,35+,36+/m0/s1. The summed E-state index contributed by atoms with van der Waals surface area (Å²) in [7, 11) is 0. The number of ether oxygens (including phenoxy) is 3. The van der Waals surface area contributed by atoms with E-state index in [1.54, 1.807) is 0 Å². The third-order valence-electron chi connectivity index (χ3n) is 9.90. The minimum Gasteiger partial charge on any atom is -0.455 e. The van der Waals surface area contributed by atoms with Crippen LogP contribution in [0.25, 0.3) is 0 Å². The van der Waals surface area contributed by atoms with Crippen molar-refractivity contribution in [3.63, 3.8) is 0 Å². The maximum Gasteiger partial charge on any atom is 0.334 e. The van der Waals surface area contributed by atoms with Gasteiger partial charge in [-0.15, -0.1) is 0 Å². The molecule has 7 nitrogen and oxygen atoms in total. The van der Waals surface area contributed by atoms with E-state index in [1.165, 1.54) is 57.8 Å². The molecular weight excluding hydrogens is 556 g/mol. The average Bonchev–Trinajstić information content (AvgIpc) is 3.76. The number of cyclic esters (lactones) is 1. The zero-order valence-electron chi connectivity index (χ0n) is 28.0. The molecule has 0 aromatic heterocycles. The van der Waals surface area contributed by atoms with Gasteiger partial charge in [-0.1, -0.05) is 84.0 Å². The lowest BCUT2D eigenvalue weighted by Gasteiger charge is -2.24. The number of Topliss-reactive ketones (excluding diaryl/α,β-unsaturated/α-hetero) is 1. The van der Waals surface area contributed by atoms with Crippen molar-refractivity contribution in [2.24, 2.45) is 0 Å². The van der Waals surface area contributed by atoms with Crippen molar-refractivity contribution in [3.05, 3.63) is 11.6 Å². The summed E-state index contributed by atoms with van der Waals surface area (Å²) in [6, 6.07) is 0. The predicted molar refractivity (Wildman–Crippen MR) is 174 cm³/mol. The van der Waals surface area contributed by atoms with E-state index in [1.807, 2.05) is 13.0 Å². The van der Waals surface area contributed by atoms with Gasteiger partial charge in [-0.3, -0.25) is 4.79 Å². The first-order valence-electron chi connectivity index (χ1n) is 18.5. The lowest BCUT2D eigenvalue weighted by atomic mass is 10.00. The lowest BCUT2D eigenvalue weighted by molar-refractivity contribution is -0.139. The number of rotatable bonds is 25. The van der Waals surface area contributed by atoms with E-state index in [9.17, 15) is 19.8 Å². The molecule has 2 N–H and O–H groups in total. The molecule has 7 atom stereocenters. The first-order valence-corrected chi connectivity index (χ1v) is 18.5. The topological polar surface area (TPSA) is 102 Å². The molecule has 0 aromatic carbocycles. The second-order valence-corrected chi connectivity index (χ2v) is 13.8. The highest BCUT2D eigenvalue weighted by molar-refractivity contribution is 5.90. The second kappa shape index (κ2) is 21.5. The van der Waals surface area contributed by atoms with Crippen molar-refractivity contribution < 1.29 is 34.0 Å². The van der Waals surface area contributed by atoms with Crippen molar-refractivity contribution in [1.29, 1.82) is 0 Å². The Balaban J connectivity index is 1.13. The Morgan fingerprint density at radius 3 is 1.77 bits per heavy atom. The van der Waals surface area contributed by atoms with Gasteiger partial charge < -0.3 is 24.4 Å². The Labute approximate surface area is 267 Å². The van der Waals surface area contributed by atoms with Gasteiger partial charge in [-0.2, -0.15) is 0 Å². The number of unbranched alkanes of at least 4 members (excludes halogenated alkanes) is 12. The fraction of sp³-hybridized carbons (Fsp3) is 0.892. The molecule has 0 bridgehead atoms. The van der Waals surface area contributed by atoms with Crippen molar-refractivity contribution in [3.8, 4) is 0 Å². The SMILES string of the molecule is CCCCCCC(=O)CCC[C@H](O)[C@H]1CC[C@H]([C@H]2CC[C@H]([C@H](O)CCCCCCCCCCCCC3=C[C@H](C)OC3=O)O2)O1. The largest absolute Gasteiger partial charge is 0.455 e. The van der Waals surface area contributed by atoms with Crippen LogP contribution in [0.5, 0.6) is 0 Å². The Hall–Kier alpha value is -1.28. The summed E-state index contributed by atoms with van der Waals surface area (Å²) in [6.45, 7) is 4.09. The van der Waals surface area contributed by atoms with Crippen LogP contribution in [0.3, 0.4) is 0 Å². The number of aliphatic hydroxyl groups excluding tert-OH is 2. The van der Waals surface area contributed by atoms with E-state index >= 15 is 0 Å². The van der Waals surface area contributed by atoms with Gasteiger partial charge in [0.25, 0.3) is 0 Å². The van der Waals surface area contributed by atoms with E-state index in [0.717, 1.165) is 82.6 Å². The number of ketones is 1. The second-order valence-electron chi connectivity index (χ2n) is 13.8. The Bertz CT molecular complexity index is 842. The van der Waals surface area contributed by atoms with E-state index in [-0.39, 0.29) is 36.5 Å². The van der Waals surface area contributed by atoms with E-state index in [0.29, 0.717) is 25.0 Å². The number of carbonyl (C=O) groups is 2. The fourth-order valence-electron chi connectivity index (χ4n) is 7.14. The van der Waals surface area contributed by atoms with Crippen LogP contribution in [-0.4, -0.2) is 64.7 Å². The molecule has 3 heterocycles. The van der Waals surface area contributed by atoms with Gasteiger partial charge in [0.15, 0.2) is 0 Å². The molecule has 2 fully saturated rings. The summed E-state index contributed by atoms with van der Waals surface area (Å²) in [5, 5.41) is 21.4. The number of carbonyl (C=O) groups excluding carboxylic acids is 2. The van der Waals surface area contributed by atoms with Gasteiger partial charge in [0.2, 0.25) is 0 Å². The highest BCUT2D eigenvalue weighted by Crippen LogP contribution is 2.34. The smallest absolute Gasteiger partial charge is 0.334 e. The Morgan fingerprint density at radius 1 is 0.727 bits per heavy atom. The zero-order valence-corrected chi connectivity index (χ0v) is 28.0. The summed E-state index contributed by atoms with van der Waals surface area (Å²) in [5.41, 5.74) is 0.861. The monoisotopic (exact) mass is 620 g/mol. The van der Waals surface area contributed by atoms with Gasteiger partial charge in [-0.25, -0.2) is 4.79 Å². The summed E-state index contributed by atoms with van der Waals surface area (Å²) in [6.07, 6.45) is 24.9. The zero-order chi connectivity index (χ0) is 31.6. The molecule has 0 spiro atoms. The van der Waals surface area contributed by atoms with Crippen LogP contribution >= 0.6 is 0 Å². The molecule has 3 aliphatic heterocycles. The highest BCUT2D eigenvalue weighted by Gasteiger charge is 2.40. The van der Waals surface area contributed by atoms with Crippen LogP contribution in [-0.2, 0) is 23.8 Å². The maximum atomic E-state index is 12.1. The summed E-state index contributed by atoms with van der Waals surface area (Å²) >= 11 is 0.